The smallest absolute Gasteiger partial charge is 0.154 e. The third-order valence-electron chi connectivity index (χ3n) is 3.16. The number of nitrogens with zero attached hydrogens (tertiary/aromatic N) is 3. The van der Waals surface area contributed by atoms with E-state index in [4.69, 9.17) is 9.47 Å². The molecule has 2 aromatic rings. The van der Waals surface area contributed by atoms with Crippen LogP contribution in [0.2, 0.25) is 0 Å². The van der Waals surface area contributed by atoms with Crippen LogP contribution in [-0.2, 0) is 4.74 Å². The van der Waals surface area contributed by atoms with E-state index >= 15 is 0 Å². The highest BCUT2D eigenvalue weighted by Gasteiger charge is 2.23. The maximum Gasteiger partial charge on any atom is 0.154 e. The lowest BCUT2D eigenvalue weighted by Gasteiger charge is -2.23. The lowest BCUT2D eigenvalue weighted by Crippen LogP contribution is -2.19. The molecule has 1 aliphatic rings. The highest BCUT2D eigenvalue weighted by Crippen LogP contribution is 2.33. The maximum atomic E-state index is 5.78. The van der Waals surface area contributed by atoms with Gasteiger partial charge in [0.15, 0.2) is 10.8 Å². The summed E-state index contributed by atoms with van der Waals surface area (Å²) in [5.41, 5.74) is 1.70. The topological polar surface area (TPSA) is 49.2 Å². The Morgan fingerprint density at radius 2 is 2.39 bits per heavy atom. The molecular formula is C12H14BrN3O2. The number of hydrogen-bond acceptors (Lipinski definition) is 4. The lowest BCUT2D eigenvalue weighted by atomic mass is 10.2. The molecule has 0 radical (unpaired) electrons. The van der Waals surface area contributed by atoms with Gasteiger partial charge in [0.05, 0.1) is 7.11 Å². The second-order valence-electron chi connectivity index (χ2n) is 4.27. The summed E-state index contributed by atoms with van der Waals surface area (Å²) in [6.45, 7) is 0.784. The Morgan fingerprint density at radius 3 is 3.11 bits per heavy atom. The van der Waals surface area contributed by atoms with Gasteiger partial charge in [0.2, 0.25) is 0 Å². The van der Waals surface area contributed by atoms with E-state index in [0.717, 1.165) is 47.3 Å². The number of fused-ring (bicyclic) bond motifs is 1. The van der Waals surface area contributed by atoms with E-state index in [9.17, 15) is 0 Å². The van der Waals surface area contributed by atoms with Crippen LogP contribution in [0.4, 0.5) is 0 Å². The van der Waals surface area contributed by atoms with Gasteiger partial charge in [-0.2, -0.15) is 5.10 Å². The second-order valence-corrected chi connectivity index (χ2v) is 5.02. The quantitative estimate of drug-likeness (QED) is 0.855. The second kappa shape index (κ2) is 4.85. The summed E-state index contributed by atoms with van der Waals surface area (Å²) >= 11 is 3.44. The van der Waals surface area contributed by atoms with Crippen molar-refractivity contribution in [3.8, 4) is 5.75 Å². The van der Waals surface area contributed by atoms with E-state index in [1.807, 2.05) is 10.7 Å². The van der Waals surface area contributed by atoms with Crippen LogP contribution >= 0.6 is 15.9 Å². The highest BCUT2D eigenvalue weighted by atomic mass is 79.9. The molecule has 3 heterocycles. The minimum absolute atomic E-state index is 0.0225. The molecule has 18 heavy (non-hydrogen) atoms. The molecule has 0 N–H and O–H groups in total. The van der Waals surface area contributed by atoms with Crippen LogP contribution in [-0.4, -0.2) is 28.5 Å². The van der Waals surface area contributed by atoms with Crippen molar-refractivity contribution in [3.63, 3.8) is 0 Å². The number of rotatable bonds is 2. The average molecular weight is 312 g/mol. The molecule has 0 saturated carbocycles. The van der Waals surface area contributed by atoms with Crippen molar-refractivity contribution in [2.75, 3.05) is 13.7 Å². The number of hydrogen-bond donors (Lipinski definition) is 0. The van der Waals surface area contributed by atoms with Crippen LogP contribution in [0.1, 0.15) is 25.5 Å². The summed E-state index contributed by atoms with van der Waals surface area (Å²) in [5, 5.41) is 4.49. The van der Waals surface area contributed by atoms with Crippen LogP contribution in [0.3, 0.4) is 0 Å². The third kappa shape index (κ3) is 1.89. The van der Waals surface area contributed by atoms with Crippen LogP contribution in [0.5, 0.6) is 5.75 Å². The molecule has 2 aromatic heterocycles. The summed E-state index contributed by atoms with van der Waals surface area (Å²) < 4.78 is 13.8. The van der Waals surface area contributed by atoms with Crippen molar-refractivity contribution in [2.45, 2.75) is 25.5 Å². The van der Waals surface area contributed by atoms with Crippen molar-refractivity contribution in [2.24, 2.45) is 0 Å². The Bertz CT molecular complexity index is 564. The van der Waals surface area contributed by atoms with E-state index in [1.54, 1.807) is 13.3 Å². The van der Waals surface area contributed by atoms with Gasteiger partial charge >= 0.3 is 0 Å². The molecule has 96 valence electrons. The molecule has 1 aliphatic heterocycles. The normalized spacial score (nSPS) is 20.2. The van der Waals surface area contributed by atoms with E-state index in [2.05, 4.69) is 26.0 Å². The lowest BCUT2D eigenvalue weighted by molar-refractivity contribution is -0.0370. The first-order valence-electron chi connectivity index (χ1n) is 5.99. The number of ether oxygens (including phenoxy) is 2. The Labute approximate surface area is 113 Å². The fourth-order valence-corrected chi connectivity index (χ4v) is 2.75. The van der Waals surface area contributed by atoms with Crippen molar-refractivity contribution >= 4 is 27.0 Å². The summed E-state index contributed by atoms with van der Waals surface area (Å²) in [6.07, 6.45) is 4.95. The van der Waals surface area contributed by atoms with Gasteiger partial charge in [-0.3, -0.25) is 4.98 Å². The van der Waals surface area contributed by atoms with Gasteiger partial charge in [-0.15, -0.1) is 0 Å². The Balaban J connectivity index is 2.15. The van der Waals surface area contributed by atoms with E-state index in [1.165, 1.54) is 0 Å². The molecule has 0 spiro atoms. The Morgan fingerprint density at radius 1 is 1.50 bits per heavy atom. The van der Waals surface area contributed by atoms with Gasteiger partial charge < -0.3 is 9.47 Å². The fourth-order valence-electron chi connectivity index (χ4n) is 2.29. The van der Waals surface area contributed by atoms with E-state index < -0.39 is 0 Å². The Hall–Kier alpha value is -1.14. The van der Waals surface area contributed by atoms with Crippen molar-refractivity contribution < 1.29 is 9.47 Å². The zero-order chi connectivity index (χ0) is 12.5. The predicted octanol–water partition coefficient (Wildman–Crippen LogP) is 2.90. The molecule has 1 atom stereocenters. The first-order chi connectivity index (χ1) is 8.81. The Kier molecular flexibility index (Phi) is 3.22. The molecule has 0 bridgehead atoms. The minimum atomic E-state index is -0.0225. The minimum Gasteiger partial charge on any atom is -0.494 e. The SMILES string of the molecule is COc1ccnc2c(Br)nn(C3CCCCO3)c12. The van der Waals surface area contributed by atoms with Gasteiger partial charge in [-0.25, -0.2) is 4.68 Å². The highest BCUT2D eigenvalue weighted by molar-refractivity contribution is 9.10. The number of methoxy groups -OCH3 is 1. The molecule has 0 aliphatic carbocycles. The molecular weight excluding hydrogens is 298 g/mol. The number of pyridine rings is 1. The molecule has 5 nitrogen and oxygen atoms in total. The number of halogens is 1. The fraction of sp³-hybridized carbons (Fsp3) is 0.500. The maximum absolute atomic E-state index is 5.78. The molecule has 6 heteroatoms. The molecule has 0 aromatic carbocycles. The molecule has 3 rings (SSSR count). The molecule has 1 saturated heterocycles. The van der Waals surface area contributed by atoms with Gasteiger partial charge in [0, 0.05) is 18.9 Å². The van der Waals surface area contributed by atoms with Gasteiger partial charge in [-0.1, -0.05) is 0 Å². The molecule has 1 unspecified atom stereocenters. The molecule has 0 amide bonds. The van der Waals surface area contributed by atoms with E-state index in [0.29, 0.717) is 0 Å². The number of aromatic nitrogens is 3. The van der Waals surface area contributed by atoms with Crippen molar-refractivity contribution in [1.29, 1.82) is 0 Å². The van der Waals surface area contributed by atoms with Gasteiger partial charge in [-0.05, 0) is 35.2 Å². The van der Waals surface area contributed by atoms with Crippen LogP contribution in [0, 0.1) is 0 Å². The first-order valence-corrected chi connectivity index (χ1v) is 6.79. The van der Waals surface area contributed by atoms with Gasteiger partial charge in [0.25, 0.3) is 0 Å². The largest absolute Gasteiger partial charge is 0.494 e. The van der Waals surface area contributed by atoms with Gasteiger partial charge in [0.1, 0.15) is 16.8 Å². The summed E-state index contributed by atoms with van der Waals surface area (Å²) in [4.78, 5) is 4.34. The zero-order valence-electron chi connectivity index (χ0n) is 10.1. The van der Waals surface area contributed by atoms with Crippen LogP contribution < -0.4 is 4.74 Å². The van der Waals surface area contributed by atoms with Crippen LogP contribution in [0.15, 0.2) is 16.9 Å². The zero-order valence-corrected chi connectivity index (χ0v) is 11.7. The summed E-state index contributed by atoms with van der Waals surface area (Å²) in [5.74, 6) is 0.771. The van der Waals surface area contributed by atoms with Crippen molar-refractivity contribution in [3.05, 3.63) is 16.9 Å². The first kappa shape index (κ1) is 11.9. The standard InChI is InChI=1S/C12H14BrN3O2/c1-17-8-5-6-14-10-11(8)16(15-12(10)13)9-4-2-3-7-18-9/h5-6,9H,2-4,7H2,1H3. The van der Waals surface area contributed by atoms with Crippen LogP contribution in [0.25, 0.3) is 11.0 Å². The van der Waals surface area contributed by atoms with Crippen molar-refractivity contribution in [1.82, 2.24) is 14.8 Å². The predicted molar refractivity (Wildman–Crippen MR) is 70.6 cm³/mol. The summed E-state index contributed by atoms with van der Waals surface area (Å²) in [6, 6.07) is 1.84. The average Bonchev–Trinajstić information content (AvgIpc) is 2.77. The third-order valence-corrected chi connectivity index (χ3v) is 3.69. The molecule has 1 fully saturated rings. The monoisotopic (exact) mass is 311 g/mol. The van der Waals surface area contributed by atoms with E-state index in [-0.39, 0.29) is 6.23 Å². The summed E-state index contributed by atoms with van der Waals surface area (Å²) in [7, 11) is 1.65.